The fourth-order valence-electron chi connectivity index (χ4n) is 2.80. The summed E-state index contributed by atoms with van der Waals surface area (Å²) in [6.07, 6.45) is 0. The molecule has 0 spiro atoms. The van der Waals surface area contributed by atoms with Crippen molar-refractivity contribution < 1.29 is 21.6 Å². The highest BCUT2D eigenvalue weighted by Gasteiger charge is 2.46. The molecule has 1 heterocycles. The predicted octanol–water partition coefficient (Wildman–Crippen LogP) is 4.60. The van der Waals surface area contributed by atoms with Crippen molar-refractivity contribution >= 4 is 21.5 Å². The van der Waals surface area contributed by atoms with Gasteiger partial charge < -0.3 is 9.88 Å². The van der Waals surface area contributed by atoms with Crippen molar-refractivity contribution in [2.75, 3.05) is 16.2 Å². The quantitative estimate of drug-likeness (QED) is 0.605. The van der Waals surface area contributed by atoms with Crippen LogP contribution in [0.15, 0.2) is 66.7 Å². The Morgan fingerprint density at radius 3 is 2.38 bits per heavy atom. The third kappa shape index (κ3) is 4.92. The van der Waals surface area contributed by atoms with Crippen molar-refractivity contribution in [2.45, 2.75) is 19.0 Å². The Labute approximate surface area is 167 Å². The molecule has 0 radical (unpaired) electrons. The van der Waals surface area contributed by atoms with Crippen LogP contribution in [0.3, 0.4) is 0 Å². The maximum atomic E-state index is 12.6. The van der Waals surface area contributed by atoms with Gasteiger partial charge in [-0.05, 0) is 35.5 Å². The van der Waals surface area contributed by atoms with Crippen LogP contribution in [0.1, 0.15) is 12.5 Å². The predicted molar refractivity (Wildman–Crippen MR) is 107 cm³/mol. The van der Waals surface area contributed by atoms with Gasteiger partial charge in [-0.3, -0.25) is 4.72 Å². The number of anilines is 2. The van der Waals surface area contributed by atoms with E-state index in [0.29, 0.717) is 17.8 Å². The Kier molecular flexibility index (Phi) is 5.88. The summed E-state index contributed by atoms with van der Waals surface area (Å²) < 4.78 is 61.9. The lowest BCUT2D eigenvalue weighted by Crippen LogP contribution is -2.29. The number of alkyl halides is 3. The number of benzene rings is 2. The van der Waals surface area contributed by atoms with E-state index in [0.717, 1.165) is 17.9 Å². The van der Waals surface area contributed by atoms with Crippen LogP contribution >= 0.6 is 0 Å². The fourth-order valence-corrected chi connectivity index (χ4v) is 3.35. The van der Waals surface area contributed by atoms with Gasteiger partial charge in [-0.2, -0.15) is 21.6 Å². The molecule has 0 aliphatic rings. The molecule has 9 heteroatoms. The number of hydrogen-bond donors (Lipinski definition) is 1. The summed E-state index contributed by atoms with van der Waals surface area (Å²) >= 11 is 0. The highest BCUT2D eigenvalue weighted by Crippen LogP contribution is 2.28. The molecule has 2 aromatic carbocycles. The molecule has 0 aliphatic heterocycles. The van der Waals surface area contributed by atoms with Crippen LogP contribution in [-0.4, -0.2) is 20.5 Å². The second kappa shape index (κ2) is 8.20. The van der Waals surface area contributed by atoms with Gasteiger partial charge in [0.1, 0.15) is 0 Å². The number of sulfonamides is 1. The van der Waals surface area contributed by atoms with Crippen LogP contribution in [0.2, 0.25) is 0 Å². The monoisotopic (exact) mass is 422 g/mol. The summed E-state index contributed by atoms with van der Waals surface area (Å²) in [5.41, 5.74) is -3.38. The lowest BCUT2D eigenvalue weighted by molar-refractivity contribution is -0.0429. The van der Waals surface area contributed by atoms with Gasteiger partial charge in [-0.25, -0.2) is 0 Å². The van der Waals surface area contributed by atoms with E-state index < -0.39 is 15.5 Å². The third-order valence-electron chi connectivity index (χ3n) is 4.26. The van der Waals surface area contributed by atoms with E-state index in [4.69, 9.17) is 0 Å². The molecule has 3 rings (SSSR count). The molecule has 0 saturated carbocycles. The average molecular weight is 422 g/mol. The lowest BCUT2D eigenvalue weighted by Gasteiger charge is -2.30. The van der Waals surface area contributed by atoms with Crippen LogP contribution in [0.25, 0.3) is 11.3 Å². The normalized spacial score (nSPS) is 12.0. The highest BCUT2D eigenvalue weighted by molar-refractivity contribution is 7.93. The van der Waals surface area contributed by atoms with E-state index in [1.54, 1.807) is 16.9 Å². The number of nitrogens with one attached hydrogen (secondary N) is 1. The minimum absolute atomic E-state index is 0.180. The standard InChI is InChI=1S/C20H19F3N3O2S/c1-2-26(14-15-7-4-3-5-8-15)19-12-11-18(24-19)16-9-6-10-17(13-16)25-29(27,28)20(21,22)23/h3-13,25H,2,14H2,1H3/q-1. The lowest BCUT2D eigenvalue weighted by atomic mass is 10.1. The van der Waals surface area contributed by atoms with Crippen molar-refractivity contribution in [3.8, 4) is 11.3 Å². The first-order valence-electron chi connectivity index (χ1n) is 8.82. The van der Waals surface area contributed by atoms with E-state index in [-0.39, 0.29) is 5.69 Å². The largest absolute Gasteiger partial charge is 0.516 e. The molecule has 0 aliphatic carbocycles. The molecule has 0 unspecified atom stereocenters. The average Bonchev–Trinajstić information content (AvgIpc) is 3.16. The molecular weight excluding hydrogens is 403 g/mol. The van der Waals surface area contributed by atoms with Crippen LogP contribution < -0.4 is 14.6 Å². The van der Waals surface area contributed by atoms with E-state index >= 15 is 0 Å². The minimum Gasteiger partial charge on any atom is -0.464 e. The summed E-state index contributed by atoms with van der Waals surface area (Å²) in [5, 5.41) is 0. The molecule has 0 amide bonds. The van der Waals surface area contributed by atoms with Gasteiger partial charge >= 0.3 is 15.5 Å². The van der Waals surface area contributed by atoms with Gasteiger partial charge in [-0.15, -0.1) is 0 Å². The molecule has 154 valence electrons. The van der Waals surface area contributed by atoms with Gasteiger partial charge in [0.25, 0.3) is 0 Å². The number of aromatic nitrogens is 1. The first-order chi connectivity index (χ1) is 13.7. The molecule has 0 atom stereocenters. The topological polar surface area (TPSA) is 63.5 Å². The first-order valence-corrected chi connectivity index (χ1v) is 10.3. The maximum Gasteiger partial charge on any atom is 0.516 e. The fraction of sp³-hybridized carbons (Fsp3) is 0.200. The Balaban J connectivity index is 1.81. The zero-order valence-electron chi connectivity index (χ0n) is 15.5. The SMILES string of the molecule is CCN(Cc1ccccc1)c1ccc(-c2cccc(NS(=O)(=O)C(F)(F)F)c2)[n-]1. The Morgan fingerprint density at radius 2 is 1.72 bits per heavy atom. The molecule has 0 fully saturated rings. The van der Waals surface area contributed by atoms with E-state index in [1.807, 2.05) is 43.3 Å². The number of nitrogens with zero attached hydrogens (tertiary/aromatic N) is 2. The number of rotatable bonds is 7. The Hall–Kier alpha value is -2.94. The molecular formula is C20H19F3N3O2S-. The molecule has 29 heavy (non-hydrogen) atoms. The third-order valence-corrected chi connectivity index (χ3v) is 5.38. The van der Waals surface area contributed by atoms with Gasteiger partial charge in [0.15, 0.2) is 0 Å². The van der Waals surface area contributed by atoms with Gasteiger partial charge in [-0.1, -0.05) is 73.9 Å². The van der Waals surface area contributed by atoms with Crippen LogP contribution in [0, 0.1) is 0 Å². The van der Waals surface area contributed by atoms with Crippen molar-refractivity contribution in [2.24, 2.45) is 0 Å². The maximum absolute atomic E-state index is 12.6. The van der Waals surface area contributed by atoms with E-state index in [2.05, 4.69) is 9.88 Å². The second-order valence-electron chi connectivity index (χ2n) is 6.32. The number of halogens is 3. The molecule has 3 aromatic rings. The highest BCUT2D eigenvalue weighted by atomic mass is 32.2. The van der Waals surface area contributed by atoms with Crippen LogP contribution in [0.5, 0.6) is 0 Å². The molecule has 1 N–H and O–H groups in total. The smallest absolute Gasteiger partial charge is 0.464 e. The zero-order chi connectivity index (χ0) is 21.1. The van der Waals surface area contributed by atoms with Crippen molar-refractivity contribution in [1.29, 1.82) is 0 Å². The van der Waals surface area contributed by atoms with Gasteiger partial charge in [0.2, 0.25) is 0 Å². The first kappa shape index (κ1) is 20.8. The van der Waals surface area contributed by atoms with Gasteiger partial charge in [0, 0.05) is 5.69 Å². The summed E-state index contributed by atoms with van der Waals surface area (Å²) in [5.74, 6) is 0.729. The summed E-state index contributed by atoms with van der Waals surface area (Å²) in [6, 6.07) is 19.2. The van der Waals surface area contributed by atoms with Crippen molar-refractivity contribution in [3.63, 3.8) is 0 Å². The Bertz CT molecular complexity index is 1060. The zero-order valence-corrected chi connectivity index (χ0v) is 16.3. The van der Waals surface area contributed by atoms with Crippen LogP contribution in [-0.2, 0) is 16.6 Å². The summed E-state index contributed by atoms with van der Waals surface area (Å²) in [6.45, 7) is 3.39. The van der Waals surface area contributed by atoms with Crippen molar-refractivity contribution in [3.05, 3.63) is 72.3 Å². The molecule has 5 nitrogen and oxygen atoms in total. The molecule has 0 saturated heterocycles. The van der Waals surface area contributed by atoms with Gasteiger partial charge in [0.05, 0.1) is 0 Å². The minimum atomic E-state index is -5.48. The Morgan fingerprint density at radius 1 is 1.00 bits per heavy atom. The van der Waals surface area contributed by atoms with Crippen molar-refractivity contribution in [1.82, 2.24) is 4.98 Å². The summed E-state index contributed by atoms with van der Waals surface area (Å²) in [4.78, 5) is 6.63. The van der Waals surface area contributed by atoms with E-state index in [9.17, 15) is 21.6 Å². The molecule has 0 bridgehead atoms. The number of hydrogen-bond acceptors (Lipinski definition) is 3. The second-order valence-corrected chi connectivity index (χ2v) is 7.99. The summed E-state index contributed by atoms with van der Waals surface area (Å²) in [7, 11) is -5.48. The van der Waals surface area contributed by atoms with E-state index in [1.165, 1.54) is 18.2 Å². The molecule has 1 aromatic heterocycles. The van der Waals surface area contributed by atoms with Crippen LogP contribution in [0.4, 0.5) is 24.7 Å².